The molecule has 1 atom stereocenters. The van der Waals surface area contributed by atoms with Gasteiger partial charge in [-0.3, -0.25) is 9.48 Å². The van der Waals surface area contributed by atoms with Gasteiger partial charge in [0.25, 0.3) is 0 Å². The van der Waals surface area contributed by atoms with E-state index in [1.165, 1.54) is 5.56 Å². The second kappa shape index (κ2) is 5.17. The number of aldehydes is 1. The van der Waals surface area contributed by atoms with Gasteiger partial charge in [0.1, 0.15) is 0 Å². The molecule has 0 saturated carbocycles. The van der Waals surface area contributed by atoms with Crippen LogP contribution in [0.15, 0.2) is 30.5 Å². The normalized spacial score (nSPS) is 12.4. The van der Waals surface area contributed by atoms with E-state index in [0.29, 0.717) is 11.5 Å². The molecule has 3 nitrogen and oxygen atoms in total. The highest BCUT2D eigenvalue weighted by Crippen LogP contribution is 2.25. The van der Waals surface area contributed by atoms with Crippen LogP contribution in [-0.4, -0.2) is 16.1 Å². The van der Waals surface area contributed by atoms with Crippen LogP contribution in [0.25, 0.3) is 11.3 Å². The summed E-state index contributed by atoms with van der Waals surface area (Å²) in [7, 11) is 1.85. The molecule has 1 unspecified atom stereocenters. The summed E-state index contributed by atoms with van der Waals surface area (Å²) in [6.45, 7) is 4.40. The minimum absolute atomic E-state index is 0.566. The molecule has 0 aliphatic carbocycles. The largest absolute Gasteiger partial charge is 0.298 e. The molecule has 1 aromatic heterocycles. The first-order valence-electron chi connectivity index (χ1n) is 6.24. The summed E-state index contributed by atoms with van der Waals surface area (Å²) in [6, 6.07) is 8.38. The van der Waals surface area contributed by atoms with Gasteiger partial charge in [-0.1, -0.05) is 38.1 Å². The number of hydrogen-bond acceptors (Lipinski definition) is 2. The van der Waals surface area contributed by atoms with Crippen LogP contribution >= 0.6 is 0 Å². The maximum Gasteiger partial charge on any atom is 0.153 e. The smallest absolute Gasteiger partial charge is 0.153 e. The van der Waals surface area contributed by atoms with Crippen molar-refractivity contribution in [1.82, 2.24) is 9.78 Å². The maximum atomic E-state index is 11.0. The Hall–Kier alpha value is -1.90. The van der Waals surface area contributed by atoms with Crippen molar-refractivity contribution in [3.05, 3.63) is 41.6 Å². The van der Waals surface area contributed by atoms with Crippen molar-refractivity contribution in [2.24, 2.45) is 7.05 Å². The molecule has 0 bridgehead atoms. The van der Waals surface area contributed by atoms with Crippen LogP contribution in [0, 0.1) is 0 Å². The molecular weight excluding hydrogens is 224 g/mol. The van der Waals surface area contributed by atoms with Gasteiger partial charge in [-0.25, -0.2) is 0 Å². The predicted molar refractivity (Wildman–Crippen MR) is 72.7 cm³/mol. The first kappa shape index (κ1) is 12.6. The molecule has 0 N–H and O–H groups in total. The minimum atomic E-state index is 0.566. The third kappa shape index (κ3) is 2.21. The average molecular weight is 242 g/mol. The number of aromatic nitrogens is 2. The molecule has 0 amide bonds. The average Bonchev–Trinajstić information content (AvgIpc) is 2.79. The van der Waals surface area contributed by atoms with Crippen LogP contribution in [0.4, 0.5) is 0 Å². The van der Waals surface area contributed by atoms with Gasteiger partial charge in [0.15, 0.2) is 6.29 Å². The predicted octanol–water partition coefficient (Wildman–Crippen LogP) is 3.41. The third-order valence-corrected chi connectivity index (χ3v) is 3.46. The number of carbonyl (C=O) groups is 1. The lowest BCUT2D eigenvalue weighted by molar-refractivity contribution is 0.112. The summed E-state index contributed by atoms with van der Waals surface area (Å²) in [4.78, 5) is 11.0. The van der Waals surface area contributed by atoms with E-state index >= 15 is 0 Å². The van der Waals surface area contributed by atoms with Crippen molar-refractivity contribution < 1.29 is 4.79 Å². The first-order chi connectivity index (χ1) is 8.67. The van der Waals surface area contributed by atoms with E-state index in [1.807, 2.05) is 7.05 Å². The quantitative estimate of drug-likeness (QED) is 0.770. The summed E-state index contributed by atoms with van der Waals surface area (Å²) >= 11 is 0. The highest BCUT2D eigenvalue weighted by Gasteiger charge is 2.10. The number of rotatable bonds is 4. The van der Waals surface area contributed by atoms with E-state index in [0.717, 1.165) is 24.0 Å². The van der Waals surface area contributed by atoms with E-state index in [2.05, 4.69) is 43.2 Å². The van der Waals surface area contributed by atoms with Gasteiger partial charge in [0.05, 0.1) is 17.5 Å². The van der Waals surface area contributed by atoms with Crippen LogP contribution in [0.5, 0.6) is 0 Å². The Kier molecular flexibility index (Phi) is 3.60. The van der Waals surface area contributed by atoms with Crippen LogP contribution in [0.2, 0.25) is 0 Å². The molecule has 0 aliphatic rings. The van der Waals surface area contributed by atoms with E-state index in [9.17, 15) is 4.79 Å². The van der Waals surface area contributed by atoms with Crippen LogP contribution in [-0.2, 0) is 7.05 Å². The zero-order valence-corrected chi connectivity index (χ0v) is 11.1. The van der Waals surface area contributed by atoms with Crippen LogP contribution in [0.1, 0.15) is 42.1 Å². The molecule has 1 aromatic carbocycles. The molecule has 0 spiro atoms. The van der Waals surface area contributed by atoms with Gasteiger partial charge >= 0.3 is 0 Å². The molecular formula is C15H18N2O. The Bertz CT molecular complexity index is 540. The van der Waals surface area contributed by atoms with Crippen molar-refractivity contribution >= 4 is 6.29 Å². The maximum absolute atomic E-state index is 11.0. The van der Waals surface area contributed by atoms with Crippen molar-refractivity contribution in [2.75, 3.05) is 0 Å². The number of nitrogens with zero attached hydrogens (tertiary/aromatic N) is 2. The molecule has 0 fully saturated rings. The van der Waals surface area contributed by atoms with Crippen LogP contribution in [0.3, 0.4) is 0 Å². The fraction of sp³-hybridized carbons (Fsp3) is 0.333. The number of carbonyl (C=O) groups excluding carboxylic acids is 1. The standard InChI is InChI=1S/C15H18N2O/c1-4-11(2)12-5-7-13(8-6-12)15-14(10-18)9-16-17(15)3/h5-11H,4H2,1-3H3. The van der Waals surface area contributed by atoms with Crippen molar-refractivity contribution in [2.45, 2.75) is 26.2 Å². The van der Waals surface area contributed by atoms with Gasteiger partial charge in [-0.2, -0.15) is 5.10 Å². The molecule has 2 rings (SSSR count). The highest BCUT2D eigenvalue weighted by atomic mass is 16.1. The molecule has 0 radical (unpaired) electrons. The molecule has 3 heteroatoms. The van der Waals surface area contributed by atoms with Gasteiger partial charge in [-0.05, 0) is 17.9 Å². The van der Waals surface area contributed by atoms with Gasteiger partial charge in [0.2, 0.25) is 0 Å². The monoisotopic (exact) mass is 242 g/mol. The zero-order valence-electron chi connectivity index (χ0n) is 11.1. The second-order valence-corrected chi connectivity index (χ2v) is 4.62. The van der Waals surface area contributed by atoms with Gasteiger partial charge < -0.3 is 0 Å². The van der Waals surface area contributed by atoms with Crippen molar-refractivity contribution in [1.29, 1.82) is 0 Å². The first-order valence-corrected chi connectivity index (χ1v) is 6.24. The topological polar surface area (TPSA) is 34.9 Å². The highest BCUT2D eigenvalue weighted by molar-refractivity contribution is 5.85. The number of aryl methyl sites for hydroxylation is 1. The zero-order chi connectivity index (χ0) is 13.1. The second-order valence-electron chi connectivity index (χ2n) is 4.62. The molecule has 94 valence electrons. The number of hydrogen-bond donors (Lipinski definition) is 0. The molecule has 2 aromatic rings. The molecule has 18 heavy (non-hydrogen) atoms. The van der Waals surface area contributed by atoms with Gasteiger partial charge in [0, 0.05) is 12.6 Å². The summed E-state index contributed by atoms with van der Waals surface area (Å²) in [5.74, 6) is 0.566. The lowest BCUT2D eigenvalue weighted by Gasteiger charge is -2.10. The van der Waals surface area contributed by atoms with Crippen LogP contribution < -0.4 is 0 Å². The van der Waals surface area contributed by atoms with Gasteiger partial charge in [-0.15, -0.1) is 0 Å². The summed E-state index contributed by atoms with van der Waals surface area (Å²) in [5.41, 5.74) is 3.87. The molecule has 0 saturated heterocycles. The fourth-order valence-corrected chi connectivity index (χ4v) is 2.10. The van der Waals surface area contributed by atoms with Crippen molar-refractivity contribution in [3.63, 3.8) is 0 Å². The van der Waals surface area contributed by atoms with Crippen molar-refractivity contribution in [3.8, 4) is 11.3 Å². The lowest BCUT2D eigenvalue weighted by Crippen LogP contribution is -1.96. The summed E-state index contributed by atoms with van der Waals surface area (Å²) in [6.07, 6.45) is 3.58. The summed E-state index contributed by atoms with van der Waals surface area (Å²) in [5, 5.41) is 4.12. The van der Waals surface area contributed by atoms with E-state index in [1.54, 1.807) is 10.9 Å². The van der Waals surface area contributed by atoms with E-state index < -0.39 is 0 Å². The van der Waals surface area contributed by atoms with E-state index in [-0.39, 0.29) is 0 Å². The Morgan fingerprint density at radius 2 is 2.00 bits per heavy atom. The number of benzene rings is 1. The molecule has 0 aliphatic heterocycles. The lowest BCUT2D eigenvalue weighted by atomic mass is 9.96. The third-order valence-electron chi connectivity index (χ3n) is 3.46. The SMILES string of the molecule is CCC(C)c1ccc(-c2c(C=O)cnn2C)cc1. The minimum Gasteiger partial charge on any atom is -0.298 e. The Balaban J connectivity index is 2.40. The fourth-order valence-electron chi connectivity index (χ4n) is 2.10. The molecule has 1 heterocycles. The Morgan fingerprint density at radius 3 is 2.56 bits per heavy atom. The Morgan fingerprint density at radius 1 is 1.33 bits per heavy atom. The summed E-state index contributed by atoms with van der Waals surface area (Å²) < 4.78 is 1.74. The van der Waals surface area contributed by atoms with E-state index in [4.69, 9.17) is 0 Å². The Labute approximate surface area is 107 Å².